The highest BCUT2D eigenvalue weighted by atomic mass is 32.1. The van der Waals surface area contributed by atoms with E-state index in [-0.39, 0.29) is 11.1 Å². The zero-order valence-electron chi connectivity index (χ0n) is 42.5. The fraction of sp³-hybridized carbons (Fsp3) is 0.467. The van der Waals surface area contributed by atoms with Crippen molar-refractivity contribution in [3.8, 4) is 73.0 Å². The van der Waals surface area contributed by atoms with Crippen LogP contribution in [0.1, 0.15) is 179 Å². The number of unbranched alkanes of at least 4 members (excludes halogenated alkanes) is 16. The first kappa shape index (κ1) is 54.6. The summed E-state index contributed by atoms with van der Waals surface area (Å²) in [5, 5.41) is 42.9. The summed E-state index contributed by atoms with van der Waals surface area (Å²) in [5.41, 5.74) is 2.30. The highest BCUT2D eigenvalue weighted by molar-refractivity contribution is 7.34. The number of hydrogen-bond donors (Lipinski definition) is 0. The van der Waals surface area contributed by atoms with Crippen molar-refractivity contribution in [3.05, 3.63) is 81.6 Å². The molecule has 7 rings (SSSR count). The van der Waals surface area contributed by atoms with Gasteiger partial charge in [-0.25, -0.2) is 0 Å². The van der Waals surface area contributed by atoms with Gasteiger partial charge in [0.25, 0.3) is 0 Å². The molecule has 0 radical (unpaired) electrons. The lowest BCUT2D eigenvalue weighted by Gasteiger charge is -2.29. The summed E-state index contributed by atoms with van der Waals surface area (Å²) >= 11 is 11.3. The molecule has 0 atom stereocenters. The second-order valence-electron chi connectivity index (χ2n) is 19.3. The smallest absolute Gasteiger partial charge is 0.134 e. The third-order valence-corrected chi connectivity index (χ3v) is 27.5. The minimum Gasteiger partial charge on any atom is -0.192 e. The lowest BCUT2D eigenvalue weighted by Crippen LogP contribution is -2.54. The van der Waals surface area contributed by atoms with Gasteiger partial charge < -0.3 is 0 Å². The van der Waals surface area contributed by atoms with E-state index in [2.05, 4.69) is 113 Å². The van der Waals surface area contributed by atoms with Crippen LogP contribution in [0.5, 0.6) is 0 Å². The lowest BCUT2D eigenvalue weighted by molar-refractivity contribution is 0.616. The summed E-state index contributed by atoms with van der Waals surface area (Å²) in [6.07, 6.45) is 26.2. The van der Waals surface area contributed by atoms with Gasteiger partial charge in [0, 0.05) is 58.5 Å². The normalized spacial score (nSPS) is 12.2. The number of rotatable bonds is 30. The number of hydrogen-bond acceptors (Lipinski definition) is 10. The van der Waals surface area contributed by atoms with Crippen LogP contribution < -0.4 is 10.4 Å². The number of nitriles is 4. The molecule has 4 nitrogen and oxygen atoms in total. The van der Waals surface area contributed by atoms with Gasteiger partial charge in [0.2, 0.25) is 0 Å². The minimum absolute atomic E-state index is 0.250. The van der Waals surface area contributed by atoms with Crippen LogP contribution >= 0.6 is 68.0 Å². The van der Waals surface area contributed by atoms with Crippen molar-refractivity contribution < 1.29 is 0 Å². The first-order valence-electron chi connectivity index (χ1n) is 26.6. The van der Waals surface area contributed by atoms with Crippen molar-refractivity contribution in [3.63, 3.8) is 0 Å². The average Bonchev–Trinajstić information content (AvgIpc) is 4.25. The predicted molar refractivity (Wildman–Crippen MR) is 316 cm³/mol. The molecular weight excluding hydrogens is 997 g/mol. The summed E-state index contributed by atoms with van der Waals surface area (Å²) in [6, 6.07) is 34.6. The number of nitrogens with zero attached hydrogens (tertiary/aromatic N) is 4. The summed E-state index contributed by atoms with van der Waals surface area (Å²) in [4.78, 5) is 15.5. The zero-order valence-corrected chi connectivity index (χ0v) is 48.4. The van der Waals surface area contributed by atoms with E-state index in [0.29, 0.717) is 0 Å². The molecule has 0 amide bonds. The van der Waals surface area contributed by atoms with Gasteiger partial charge in [0.1, 0.15) is 43.5 Å². The van der Waals surface area contributed by atoms with Crippen molar-refractivity contribution in [2.45, 2.75) is 181 Å². The molecule has 1 aliphatic heterocycles. The third-order valence-electron chi connectivity index (χ3n) is 14.2. The molecule has 0 fully saturated rings. The van der Waals surface area contributed by atoms with Crippen molar-refractivity contribution in [2.75, 3.05) is 0 Å². The third kappa shape index (κ3) is 13.3. The molecule has 6 aromatic rings. The maximum atomic E-state index is 9.89. The Morgan fingerprint density at radius 2 is 0.676 bits per heavy atom. The largest absolute Gasteiger partial charge is 0.192 e. The quantitative estimate of drug-likeness (QED) is 0.0255. The van der Waals surface area contributed by atoms with E-state index in [1.165, 1.54) is 151 Å². The highest BCUT2D eigenvalue weighted by Crippen LogP contribution is 2.50. The molecule has 11 heteroatoms. The summed E-state index contributed by atoms with van der Waals surface area (Å²) < 4.78 is 0. The molecule has 0 saturated carbocycles. The van der Waals surface area contributed by atoms with Crippen LogP contribution in [0.4, 0.5) is 0 Å². The molecule has 0 saturated heterocycles. The summed E-state index contributed by atoms with van der Waals surface area (Å²) in [6.45, 7) is 9.04. The van der Waals surface area contributed by atoms with E-state index in [0.717, 1.165) is 72.3 Å². The average molecular weight is 1070 g/mol. The maximum absolute atomic E-state index is 9.89. The minimum atomic E-state index is -2.12. The Balaban J connectivity index is 1.23. The van der Waals surface area contributed by atoms with Crippen LogP contribution in [-0.2, 0) is 0 Å². The van der Waals surface area contributed by atoms with Gasteiger partial charge >= 0.3 is 0 Å². The summed E-state index contributed by atoms with van der Waals surface area (Å²) in [7, 11) is -2.12. The molecule has 0 N–H and O–H groups in total. The number of fused-ring (bicyclic) bond motifs is 3. The molecule has 0 unspecified atom stereocenters. The van der Waals surface area contributed by atoms with Crippen LogP contribution in [0.15, 0.2) is 71.8 Å². The Bertz CT molecular complexity index is 2680. The van der Waals surface area contributed by atoms with E-state index in [1.54, 1.807) is 33.0 Å². The second kappa shape index (κ2) is 27.8. The van der Waals surface area contributed by atoms with Crippen molar-refractivity contribution >= 4 is 97.6 Å². The molecule has 0 spiro atoms. The molecule has 370 valence electrons. The SMILES string of the molecule is CCCCCCCC[Si]1(CCCCCCCC)c2cc(-c3ccc(-c4ccc(C(CCCCCC)=C(C#N)C#N)s4)s3)sc2-c2sc(-c3ccc(-c4ccc(C(CCCCCC)=C(C#N)C#N)s4)s3)cc21. The van der Waals surface area contributed by atoms with E-state index in [4.69, 9.17) is 0 Å². The Kier molecular flexibility index (Phi) is 21.4. The van der Waals surface area contributed by atoms with Crippen LogP contribution in [0.25, 0.3) is 59.9 Å². The van der Waals surface area contributed by atoms with Gasteiger partial charge in [-0.3, -0.25) is 0 Å². The van der Waals surface area contributed by atoms with Crippen molar-refractivity contribution in [1.82, 2.24) is 0 Å². The fourth-order valence-corrected chi connectivity index (χ4v) is 24.2. The number of thiophene rings is 6. The standard InChI is InChI=1S/C60H70N4S6Si/c1-5-9-13-17-19-23-35-71(36-24-20-18-14-10-6-2)57-37-55(53-33-31-51(67-53)49-29-27-47(65-49)45(43(39-61)40-62)25-21-15-11-7-3)69-59(57)60-58(71)38-56(70-60)54-34-32-52(68-54)50-30-28-48(66-50)46(44(41-63)42-64)26-22-16-12-8-4/h27-34,37-38H,5-26,35-36H2,1-4H3. The topological polar surface area (TPSA) is 95.2 Å². The predicted octanol–water partition coefficient (Wildman–Crippen LogP) is 20.5. The van der Waals surface area contributed by atoms with Crippen LogP contribution in [0, 0.1) is 45.3 Å². The monoisotopic (exact) mass is 1070 g/mol. The number of allylic oxidation sites excluding steroid dienone is 4. The fourth-order valence-electron chi connectivity index (χ4n) is 10.3. The molecule has 7 heterocycles. The van der Waals surface area contributed by atoms with Crippen LogP contribution in [0.3, 0.4) is 0 Å². The van der Waals surface area contributed by atoms with Crippen molar-refractivity contribution in [2.24, 2.45) is 0 Å². The maximum Gasteiger partial charge on any atom is 0.134 e. The molecule has 1 aliphatic rings. The molecule has 0 aromatic carbocycles. The van der Waals surface area contributed by atoms with E-state index >= 15 is 0 Å². The summed E-state index contributed by atoms with van der Waals surface area (Å²) in [5.74, 6) is 0. The van der Waals surface area contributed by atoms with Gasteiger partial charge in [-0.05, 0) is 120 Å². The molecule has 0 aliphatic carbocycles. The Labute approximate surface area is 450 Å². The molecule has 71 heavy (non-hydrogen) atoms. The second-order valence-corrected chi connectivity index (χ2v) is 29.9. The van der Waals surface area contributed by atoms with Gasteiger partial charge in [0.15, 0.2) is 0 Å². The highest BCUT2D eigenvalue weighted by Gasteiger charge is 2.47. The molecule has 0 bridgehead atoms. The molecular formula is C60H70N4S6Si. The van der Waals surface area contributed by atoms with Gasteiger partial charge in [0.05, 0.1) is 0 Å². The van der Waals surface area contributed by atoms with Crippen molar-refractivity contribution in [1.29, 1.82) is 21.0 Å². The van der Waals surface area contributed by atoms with Gasteiger partial charge in [-0.1, -0.05) is 143 Å². The Hall–Kier alpha value is -4.14. The first-order chi connectivity index (χ1) is 34.9. The van der Waals surface area contributed by atoms with Crippen LogP contribution in [0.2, 0.25) is 12.1 Å². The Morgan fingerprint density at radius 3 is 1.04 bits per heavy atom. The zero-order chi connectivity index (χ0) is 50.0. The van der Waals surface area contributed by atoms with Gasteiger partial charge in [-0.15, -0.1) is 68.0 Å². The Morgan fingerprint density at radius 1 is 0.366 bits per heavy atom. The van der Waals surface area contributed by atoms with Crippen LogP contribution in [-0.4, -0.2) is 8.07 Å². The molecule has 6 aromatic heterocycles. The first-order valence-corrected chi connectivity index (χ1v) is 33.9. The van der Waals surface area contributed by atoms with Gasteiger partial charge in [-0.2, -0.15) is 21.0 Å². The van der Waals surface area contributed by atoms with E-state index in [1.807, 2.05) is 45.3 Å². The van der Waals surface area contributed by atoms with E-state index in [9.17, 15) is 21.0 Å². The lowest BCUT2D eigenvalue weighted by atomic mass is 10.0. The van der Waals surface area contributed by atoms with E-state index < -0.39 is 8.07 Å².